The maximum Gasteiger partial charge on any atom is 0.339 e. The molecule has 1 N–H and O–H groups in total. The third-order valence-corrected chi connectivity index (χ3v) is 4.23. The molecular formula is C20H21ClN2O4. The number of benzene rings is 2. The van der Waals surface area contributed by atoms with E-state index in [-0.39, 0.29) is 30.3 Å². The standard InChI is InChI=1S/C20H21ClN2O4/c1-13-12-15(21)8-9-18(13)23(14(2)24)11-10-19(25)22-17-7-5-4-6-16(17)20(26)27-3/h4-9,12H,10-11H2,1-3H3,(H,22,25). The molecule has 27 heavy (non-hydrogen) atoms. The highest BCUT2D eigenvalue weighted by Gasteiger charge is 2.17. The van der Waals surface area contributed by atoms with Gasteiger partial charge in [0.15, 0.2) is 0 Å². The van der Waals surface area contributed by atoms with Gasteiger partial charge in [-0.05, 0) is 42.8 Å². The van der Waals surface area contributed by atoms with Gasteiger partial charge in [-0.3, -0.25) is 9.59 Å². The van der Waals surface area contributed by atoms with Crippen molar-refractivity contribution in [3.05, 3.63) is 58.6 Å². The summed E-state index contributed by atoms with van der Waals surface area (Å²) >= 11 is 5.97. The van der Waals surface area contributed by atoms with Crippen LogP contribution >= 0.6 is 11.6 Å². The van der Waals surface area contributed by atoms with Crippen LogP contribution in [0.5, 0.6) is 0 Å². The van der Waals surface area contributed by atoms with Crippen molar-refractivity contribution in [2.45, 2.75) is 20.3 Å². The first-order chi connectivity index (χ1) is 12.8. The number of ether oxygens (including phenoxy) is 1. The van der Waals surface area contributed by atoms with Crippen LogP contribution in [0.25, 0.3) is 0 Å². The molecule has 0 heterocycles. The third kappa shape index (κ3) is 5.31. The Hall–Kier alpha value is -2.86. The Kier molecular flexibility index (Phi) is 6.96. The number of methoxy groups -OCH3 is 1. The average molecular weight is 389 g/mol. The van der Waals surface area contributed by atoms with Gasteiger partial charge in [-0.15, -0.1) is 0 Å². The fourth-order valence-corrected chi connectivity index (χ4v) is 2.90. The first-order valence-electron chi connectivity index (χ1n) is 8.35. The summed E-state index contributed by atoms with van der Waals surface area (Å²) in [5, 5.41) is 3.28. The number of esters is 1. The quantitative estimate of drug-likeness (QED) is 0.763. The van der Waals surface area contributed by atoms with Gasteiger partial charge in [0.05, 0.1) is 18.4 Å². The molecule has 2 rings (SSSR count). The lowest BCUT2D eigenvalue weighted by Gasteiger charge is -2.23. The highest BCUT2D eigenvalue weighted by Crippen LogP contribution is 2.24. The number of para-hydroxylation sites is 1. The molecule has 0 atom stereocenters. The monoisotopic (exact) mass is 388 g/mol. The zero-order valence-electron chi connectivity index (χ0n) is 15.4. The molecule has 0 saturated carbocycles. The van der Waals surface area contributed by atoms with E-state index in [1.807, 2.05) is 6.92 Å². The Bertz CT molecular complexity index is 867. The van der Waals surface area contributed by atoms with Crippen LogP contribution in [0.1, 0.15) is 29.3 Å². The molecule has 0 radical (unpaired) electrons. The molecule has 6 nitrogen and oxygen atoms in total. The van der Waals surface area contributed by atoms with Crippen LogP contribution in [0.15, 0.2) is 42.5 Å². The Balaban J connectivity index is 2.09. The topological polar surface area (TPSA) is 75.7 Å². The maximum absolute atomic E-state index is 12.4. The lowest BCUT2D eigenvalue weighted by molar-refractivity contribution is -0.117. The number of nitrogens with one attached hydrogen (secondary N) is 1. The highest BCUT2D eigenvalue weighted by atomic mass is 35.5. The smallest absolute Gasteiger partial charge is 0.339 e. The molecule has 0 aliphatic rings. The maximum atomic E-state index is 12.4. The molecule has 2 aromatic carbocycles. The zero-order chi connectivity index (χ0) is 20.0. The molecular weight excluding hydrogens is 368 g/mol. The molecule has 0 fully saturated rings. The van der Waals surface area contributed by atoms with E-state index in [9.17, 15) is 14.4 Å². The number of nitrogens with zero attached hydrogens (tertiary/aromatic N) is 1. The Morgan fingerprint density at radius 2 is 1.85 bits per heavy atom. The van der Waals surface area contributed by atoms with Crippen molar-refractivity contribution in [3.63, 3.8) is 0 Å². The van der Waals surface area contributed by atoms with E-state index in [1.165, 1.54) is 18.9 Å². The minimum absolute atomic E-state index is 0.0666. The molecule has 0 aliphatic carbocycles. The second-order valence-electron chi connectivity index (χ2n) is 5.94. The first-order valence-corrected chi connectivity index (χ1v) is 8.72. The number of anilines is 2. The van der Waals surface area contributed by atoms with Crippen LogP contribution < -0.4 is 10.2 Å². The van der Waals surface area contributed by atoms with Crippen molar-refractivity contribution < 1.29 is 19.1 Å². The molecule has 0 saturated heterocycles. The van der Waals surface area contributed by atoms with Crippen molar-refractivity contribution in [3.8, 4) is 0 Å². The zero-order valence-corrected chi connectivity index (χ0v) is 16.2. The van der Waals surface area contributed by atoms with Gasteiger partial charge in [-0.1, -0.05) is 23.7 Å². The van der Waals surface area contributed by atoms with Gasteiger partial charge >= 0.3 is 5.97 Å². The lowest BCUT2D eigenvalue weighted by atomic mass is 10.1. The fraction of sp³-hybridized carbons (Fsp3) is 0.250. The van der Waals surface area contributed by atoms with Crippen LogP contribution in [0.2, 0.25) is 5.02 Å². The summed E-state index contributed by atoms with van der Waals surface area (Å²) in [6.45, 7) is 3.49. The number of amides is 2. The summed E-state index contributed by atoms with van der Waals surface area (Å²) in [7, 11) is 1.28. The average Bonchev–Trinajstić information content (AvgIpc) is 2.63. The lowest BCUT2D eigenvalue weighted by Crippen LogP contribution is -2.32. The second kappa shape index (κ2) is 9.19. The van der Waals surface area contributed by atoms with Crippen LogP contribution in [0, 0.1) is 6.92 Å². The molecule has 0 spiro atoms. The first kappa shape index (κ1) is 20.5. The number of hydrogen-bond acceptors (Lipinski definition) is 4. The van der Waals surface area contributed by atoms with Crippen LogP contribution in [-0.4, -0.2) is 31.4 Å². The van der Waals surface area contributed by atoms with Gasteiger partial charge in [0.1, 0.15) is 0 Å². The number of carbonyl (C=O) groups excluding carboxylic acids is 3. The molecule has 7 heteroatoms. The normalized spacial score (nSPS) is 10.2. The van der Waals surface area contributed by atoms with E-state index >= 15 is 0 Å². The van der Waals surface area contributed by atoms with E-state index in [2.05, 4.69) is 5.32 Å². The van der Waals surface area contributed by atoms with Gasteiger partial charge < -0.3 is 15.0 Å². The molecule has 0 aliphatic heterocycles. The van der Waals surface area contributed by atoms with E-state index in [0.29, 0.717) is 16.4 Å². The molecule has 2 aromatic rings. The van der Waals surface area contributed by atoms with E-state index in [4.69, 9.17) is 16.3 Å². The largest absolute Gasteiger partial charge is 0.465 e. The molecule has 0 bridgehead atoms. The van der Waals surface area contributed by atoms with Crippen molar-refractivity contribution >= 4 is 40.8 Å². The number of aryl methyl sites for hydroxylation is 1. The van der Waals surface area contributed by atoms with Crippen molar-refractivity contribution in [2.75, 3.05) is 23.9 Å². The van der Waals surface area contributed by atoms with E-state index in [1.54, 1.807) is 42.5 Å². The van der Waals surface area contributed by atoms with Crippen LogP contribution in [0.3, 0.4) is 0 Å². The highest BCUT2D eigenvalue weighted by molar-refractivity contribution is 6.30. The van der Waals surface area contributed by atoms with Crippen LogP contribution in [-0.2, 0) is 14.3 Å². The summed E-state index contributed by atoms with van der Waals surface area (Å²) in [4.78, 5) is 37.7. The minimum Gasteiger partial charge on any atom is -0.465 e. The van der Waals surface area contributed by atoms with Crippen molar-refractivity contribution in [2.24, 2.45) is 0 Å². The predicted octanol–water partition coefficient (Wildman–Crippen LogP) is 3.82. The third-order valence-electron chi connectivity index (χ3n) is 4.00. The summed E-state index contributed by atoms with van der Waals surface area (Å²) in [5.41, 5.74) is 2.18. The summed E-state index contributed by atoms with van der Waals surface area (Å²) in [5.74, 6) is -1.03. The summed E-state index contributed by atoms with van der Waals surface area (Å²) in [6, 6.07) is 11.8. The molecule has 2 amide bonds. The minimum atomic E-state index is -0.534. The van der Waals surface area contributed by atoms with Gasteiger partial charge in [0.25, 0.3) is 0 Å². The second-order valence-corrected chi connectivity index (χ2v) is 6.37. The Morgan fingerprint density at radius 1 is 1.15 bits per heavy atom. The number of rotatable bonds is 6. The summed E-state index contributed by atoms with van der Waals surface area (Å²) in [6.07, 6.45) is 0.0666. The Labute approximate surface area is 163 Å². The number of carbonyl (C=O) groups is 3. The van der Waals surface area contributed by atoms with Gasteiger partial charge in [-0.2, -0.15) is 0 Å². The Morgan fingerprint density at radius 3 is 2.48 bits per heavy atom. The molecule has 0 aromatic heterocycles. The van der Waals surface area contributed by atoms with Crippen LogP contribution in [0.4, 0.5) is 11.4 Å². The van der Waals surface area contributed by atoms with Gasteiger partial charge in [-0.25, -0.2) is 4.79 Å². The van der Waals surface area contributed by atoms with Crippen molar-refractivity contribution in [1.82, 2.24) is 0 Å². The number of halogens is 1. The fourth-order valence-electron chi connectivity index (χ4n) is 2.68. The summed E-state index contributed by atoms with van der Waals surface area (Å²) < 4.78 is 4.71. The SMILES string of the molecule is COC(=O)c1ccccc1NC(=O)CCN(C(C)=O)c1ccc(Cl)cc1C. The molecule has 0 unspecified atom stereocenters. The van der Waals surface area contributed by atoms with E-state index in [0.717, 1.165) is 5.56 Å². The van der Waals surface area contributed by atoms with Gasteiger partial charge in [0, 0.05) is 30.6 Å². The van der Waals surface area contributed by atoms with Gasteiger partial charge in [0.2, 0.25) is 11.8 Å². The van der Waals surface area contributed by atoms with E-state index < -0.39 is 5.97 Å². The number of hydrogen-bond donors (Lipinski definition) is 1. The van der Waals surface area contributed by atoms with Crippen molar-refractivity contribution in [1.29, 1.82) is 0 Å². The predicted molar refractivity (Wildman–Crippen MR) is 105 cm³/mol. The molecule has 142 valence electrons.